The Kier molecular flexibility index (Phi) is 5.04. The topological polar surface area (TPSA) is 48.1 Å². The number of carbonyl (C=O) groups is 1. The molecular weight excluding hydrogens is 280 g/mol. The van der Waals surface area contributed by atoms with Crippen molar-refractivity contribution in [3.63, 3.8) is 0 Å². The fourth-order valence-electron chi connectivity index (χ4n) is 3.09. The highest BCUT2D eigenvalue weighted by Crippen LogP contribution is 2.13. The van der Waals surface area contributed by atoms with Crippen LogP contribution in [0, 0.1) is 0 Å². The number of methoxy groups -OCH3 is 1. The summed E-state index contributed by atoms with van der Waals surface area (Å²) in [5, 5.41) is 3.26. The molecule has 2 heterocycles. The first-order valence-corrected chi connectivity index (χ1v) is 7.79. The van der Waals surface area contributed by atoms with Crippen molar-refractivity contribution in [1.29, 1.82) is 0 Å². The predicted molar refractivity (Wildman–Crippen MR) is 84.7 cm³/mol. The first kappa shape index (κ1) is 15.4. The van der Waals surface area contributed by atoms with Crippen LogP contribution in [0.1, 0.15) is 16.8 Å². The Bertz CT molecular complexity index is 493. The van der Waals surface area contributed by atoms with Crippen molar-refractivity contribution in [2.45, 2.75) is 6.42 Å². The van der Waals surface area contributed by atoms with Crippen molar-refractivity contribution in [2.24, 2.45) is 0 Å². The van der Waals surface area contributed by atoms with Gasteiger partial charge in [-0.1, -0.05) is 0 Å². The minimum atomic E-state index is 0.112. The Morgan fingerprint density at radius 1 is 1.14 bits per heavy atom. The van der Waals surface area contributed by atoms with Gasteiger partial charge in [-0.3, -0.25) is 24.8 Å². The molecule has 0 saturated carbocycles. The van der Waals surface area contributed by atoms with Crippen LogP contribution in [-0.2, 0) is 0 Å². The molecule has 1 aromatic carbocycles. The van der Waals surface area contributed by atoms with Crippen LogP contribution >= 0.6 is 0 Å². The van der Waals surface area contributed by atoms with Gasteiger partial charge in [-0.15, -0.1) is 0 Å². The Morgan fingerprint density at radius 2 is 1.82 bits per heavy atom. The van der Waals surface area contributed by atoms with Crippen LogP contribution in [0.5, 0.6) is 5.75 Å². The van der Waals surface area contributed by atoms with Crippen LogP contribution < -0.4 is 10.1 Å². The van der Waals surface area contributed by atoms with Gasteiger partial charge in [-0.05, 0) is 30.7 Å². The van der Waals surface area contributed by atoms with E-state index in [0.29, 0.717) is 6.54 Å². The molecule has 0 radical (unpaired) electrons. The van der Waals surface area contributed by atoms with Crippen LogP contribution in [0.15, 0.2) is 24.3 Å². The number of nitrogens with zero attached hydrogens (tertiary/aromatic N) is 3. The molecule has 1 N–H and O–H groups in total. The standard InChI is InChI=1S/C16H24N4O2/c1-22-15-5-3-14(4-6-15)16(21)9-17-10-20-12-18-7-2-8-19(11-18)13-20/h3-6,17H,2,7-13H2,1H3. The fraction of sp³-hybridized carbons (Fsp3) is 0.562. The molecule has 2 saturated heterocycles. The molecule has 2 aliphatic heterocycles. The summed E-state index contributed by atoms with van der Waals surface area (Å²) in [6.07, 6.45) is 1.26. The van der Waals surface area contributed by atoms with Gasteiger partial charge in [0.25, 0.3) is 0 Å². The second kappa shape index (κ2) is 7.19. The maximum atomic E-state index is 12.1. The van der Waals surface area contributed by atoms with Gasteiger partial charge in [0, 0.05) is 18.7 Å². The van der Waals surface area contributed by atoms with Crippen molar-refractivity contribution < 1.29 is 9.53 Å². The molecule has 22 heavy (non-hydrogen) atoms. The third-order valence-corrected chi connectivity index (χ3v) is 4.18. The second-order valence-corrected chi connectivity index (χ2v) is 5.97. The molecular formula is C16H24N4O2. The molecule has 1 aromatic rings. The number of fused-ring (bicyclic) bond motifs is 2. The van der Waals surface area contributed by atoms with Gasteiger partial charge >= 0.3 is 0 Å². The maximum absolute atomic E-state index is 12.1. The number of hydrogen-bond acceptors (Lipinski definition) is 6. The second-order valence-electron chi connectivity index (χ2n) is 5.97. The summed E-state index contributed by atoms with van der Waals surface area (Å²) in [5.74, 6) is 0.882. The van der Waals surface area contributed by atoms with E-state index >= 15 is 0 Å². The fourth-order valence-corrected chi connectivity index (χ4v) is 3.09. The Hall–Kier alpha value is -1.47. The van der Waals surface area contributed by atoms with Gasteiger partial charge in [-0.2, -0.15) is 0 Å². The number of Topliss-reactive ketones (excluding diaryl/α,β-unsaturated/α-hetero) is 1. The molecule has 6 nitrogen and oxygen atoms in total. The normalized spacial score (nSPS) is 25.0. The molecule has 0 amide bonds. The summed E-state index contributed by atoms with van der Waals surface area (Å²) >= 11 is 0. The van der Waals surface area contributed by atoms with Crippen molar-refractivity contribution in [3.8, 4) is 5.75 Å². The lowest BCUT2D eigenvalue weighted by Gasteiger charge is -2.45. The molecule has 0 aromatic heterocycles. The number of carbonyl (C=O) groups excluding carboxylic acids is 1. The van der Waals surface area contributed by atoms with E-state index in [0.717, 1.165) is 38.0 Å². The zero-order valence-electron chi connectivity index (χ0n) is 13.1. The molecule has 3 rings (SSSR count). The van der Waals surface area contributed by atoms with Crippen molar-refractivity contribution in [2.75, 3.05) is 53.4 Å². The minimum absolute atomic E-state index is 0.112. The van der Waals surface area contributed by atoms with Crippen LogP contribution in [0.4, 0.5) is 0 Å². The first-order valence-electron chi connectivity index (χ1n) is 7.79. The van der Waals surface area contributed by atoms with Gasteiger partial charge in [-0.25, -0.2) is 0 Å². The molecule has 0 spiro atoms. The van der Waals surface area contributed by atoms with E-state index in [1.54, 1.807) is 7.11 Å². The molecule has 120 valence electrons. The summed E-state index contributed by atoms with van der Waals surface area (Å²) in [6.45, 7) is 6.52. The average molecular weight is 304 g/mol. The molecule has 6 heteroatoms. The quantitative estimate of drug-likeness (QED) is 0.778. The van der Waals surface area contributed by atoms with E-state index in [2.05, 4.69) is 20.0 Å². The number of rotatable bonds is 6. The van der Waals surface area contributed by atoms with E-state index in [4.69, 9.17) is 4.74 Å². The molecule has 2 atom stereocenters. The molecule has 2 unspecified atom stereocenters. The molecule has 2 fully saturated rings. The van der Waals surface area contributed by atoms with Crippen molar-refractivity contribution in [3.05, 3.63) is 29.8 Å². The van der Waals surface area contributed by atoms with E-state index in [9.17, 15) is 4.79 Å². The van der Waals surface area contributed by atoms with Crippen LogP contribution in [0.25, 0.3) is 0 Å². The summed E-state index contributed by atoms with van der Waals surface area (Å²) in [7, 11) is 1.62. The Labute approximate surface area is 131 Å². The number of hydrogen-bond donors (Lipinski definition) is 1. The largest absolute Gasteiger partial charge is 0.497 e. The molecule has 2 bridgehead atoms. The average Bonchev–Trinajstić information content (AvgIpc) is 2.54. The van der Waals surface area contributed by atoms with Gasteiger partial charge in [0.15, 0.2) is 5.78 Å². The lowest BCUT2D eigenvalue weighted by atomic mass is 10.1. The Balaban J connectivity index is 1.43. The van der Waals surface area contributed by atoms with E-state index in [1.807, 2.05) is 24.3 Å². The summed E-state index contributed by atoms with van der Waals surface area (Å²) in [5.41, 5.74) is 0.719. The SMILES string of the molecule is COc1ccc(C(=O)CNCN2CN3CCCN(C3)C2)cc1. The number of ketones is 1. The molecule has 2 aliphatic rings. The first-order chi connectivity index (χ1) is 10.7. The highest BCUT2D eigenvalue weighted by molar-refractivity contribution is 5.97. The highest BCUT2D eigenvalue weighted by Gasteiger charge is 2.25. The summed E-state index contributed by atoms with van der Waals surface area (Å²) in [4.78, 5) is 19.4. The lowest BCUT2D eigenvalue weighted by molar-refractivity contribution is -0.0579. The number of ether oxygens (including phenoxy) is 1. The third-order valence-electron chi connectivity index (χ3n) is 4.18. The minimum Gasteiger partial charge on any atom is -0.497 e. The number of nitrogens with one attached hydrogen (secondary N) is 1. The number of benzene rings is 1. The van der Waals surface area contributed by atoms with Crippen molar-refractivity contribution >= 4 is 5.78 Å². The van der Waals surface area contributed by atoms with Crippen LogP contribution in [-0.4, -0.2) is 73.9 Å². The summed E-state index contributed by atoms with van der Waals surface area (Å²) < 4.78 is 5.10. The predicted octanol–water partition coefficient (Wildman–Crippen LogP) is 0.621. The monoisotopic (exact) mass is 304 g/mol. The van der Waals surface area contributed by atoms with E-state index < -0.39 is 0 Å². The smallest absolute Gasteiger partial charge is 0.176 e. The van der Waals surface area contributed by atoms with E-state index in [-0.39, 0.29) is 5.78 Å². The van der Waals surface area contributed by atoms with Crippen LogP contribution in [0.2, 0.25) is 0 Å². The van der Waals surface area contributed by atoms with Gasteiger partial charge in [0.1, 0.15) is 5.75 Å². The van der Waals surface area contributed by atoms with Crippen LogP contribution in [0.3, 0.4) is 0 Å². The maximum Gasteiger partial charge on any atom is 0.176 e. The highest BCUT2D eigenvalue weighted by atomic mass is 16.5. The zero-order chi connectivity index (χ0) is 15.4. The van der Waals surface area contributed by atoms with Gasteiger partial charge in [0.2, 0.25) is 0 Å². The lowest BCUT2D eigenvalue weighted by Crippen LogP contribution is -2.59. The van der Waals surface area contributed by atoms with E-state index in [1.165, 1.54) is 19.5 Å². The van der Waals surface area contributed by atoms with Gasteiger partial charge < -0.3 is 4.74 Å². The van der Waals surface area contributed by atoms with Crippen molar-refractivity contribution in [1.82, 2.24) is 20.0 Å². The third kappa shape index (κ3) is 3.84. The zero-order valence-corrected chi connectivity index (χ0v) is 13.1. The Morgan fingerprint density at radius 3 is 2.45 bits per heavy atom. The summed E-state index contributed by atoms with van der Waals surface area (Å²) in [6, 6.07) is 7.26. The van der Waals surface area contributed by atoms with Gasteiger partial charge in [0.05, 0.1) is 40.3 Å². The molecule has 0 aliphatic carbocycles.